The Hall–Kier alpha value is -1.84. The molecule has 2 heterocycles. The van der Waals surface area contributed by atoms with Crippen LogP contribution in [-0.2, 0) is 9.59 Å². The second kappa shape index (κ2) is 4.33. The van der Waals surface area contributed by atoms with E-state index in [1.165, 1.54) is 6.92 Å². The highest BCUT2D eigenvalue weighted by molar-refractivity contribution is 6.02. The first kappa shape index (κ1) is 12.9. The zero-order chi connectivity index (χ0) is 14.6. The number of carbonyl (C=O) groups is 2. The number of ether oxygens (including phenoxy) is 1. The summed E-state index contributed by atoms with van der Waals surface area (Å²) in [4.78, 5) is 24.6. The van der Waals surface area contributed by atoms with Crippen LogP contribution >= 0.6 is 0 Å². The van der Waals surface area contributed by atoms with Crippen LogP contribution in [0.15, 0.2) is 24.3 Å². The molecule has 1 aromatic rings. The van der Waals surface area contributed by atoms with Gasteiger partial charge in [-0.05, 0) is 31.4 Å². The third kappa shape index (κ3) is 1.68. The number of fused-ring (bicyclic) bond motifs is 2. The van der Waals surface area contributed by atoms with Gasteiger partial charge in [0.2, 0.25) is 5.91 Å². The molecule has 2 fully saturated rings. The molecule has 2 bridgehead atoms. The fourth-order valence-corrected chi connectivity index (χ4v) is 4.51. The molecule has 0 radical (unpaired) electrons. The molecule has 4 heteroatoms. The summed E-state index contributed by atoms with van der Waals surface area (Å²) in [7, 11) is 0. The summed E-state index contributed by atoms with van der Waals surface area (Å²) >= 11 is 0. The number of nitrogens with one attached hydrogen (secondary N) is 1. The van der Waals surface area contributed by atoms with Crippen LogP contribution in [0.1, 0.15) is 44.1 Å². The maximum absolute atomic E-state index is 12.5. The minimum atomic E-state index is -0.597. The Morgan fingerprint density at radius 3 is 2.95 bits per heavy atom. The molecule has 3 aliphatic rings. The van der Waals surface area contributed by atoms with E-state index in [9.17, 15) is 9.59 Å². The lowest BCUT2D eigenvalue weighted by atomic mass is 9.61. The van der Waals surface area contributed by atoms with Gasteiger partial charge in [0, 0.05) is 18.3 Å². The van der Waals surface area contributed by atoms with Crippen molar-refractivity contribution in [2.75, 3.05) is 0 Å². The number of piperidine rings is 1. The zero-order valence-corrected chi connectivity index (χ0v) is 12.1. The molecule has 1 amide bonds. The normalized spacial score (nSPS) is 36.8. The van der Waals surface area contributed by atoms with Gasteiger partial charge in [-0.15, -0.1) is 0 Å². The van der Waals surface area contributed by atoms with E-state index in [0.717, 1.165) is 37.0 Å². The standard InChI is InChI=1S/C17H19NO3/c1-10(19)14-15-11-6-2-3-8-13(11)21-17(18-16(14)20)9-5-4-7-12(15)17/h2-3,6,8,12,14-15H,4-5,7,9H2,1H3,(H,18,20)/t12-,14-,15-,17+/m0/s1. The van der Waals surface area contributed by atoms with Crippen LogP contribution < -0.4 is 10.1 Å². The van der Waals surface area contributed by atoms with Gasteiger partial charge in [-0.2, -0.15) is 0 Å². The lowest BCUT2D eigenvalue weighted by Gasteiger charge is -2.56. The molecule has 4 atom stereocenters. The Labute approximate surface area is 123 Å². The monoisotopic (exact) mass is 285 g/mol. The van der Waals surface area contributed by atoms with E-state index in [1.807, 2.05) is 24.3 Å². The van der Waals surface area contributed by atoms with Crippen LogP contribution in [-0.4, -0.2) is 17.4 Å². The minimum Gasteiger partial charge on any atom is -0.467 e. The summed E-state index contributed by atoms with van der Waals surface area (Å²) < 4.78 is 6.25. The highest BCUT2D eigenvalue weighted by Gasteiger charge is 2.59. The molecule has 1 aromatic carbocycles. The predicted octanol–water partition coefficient (Wildman–Crippen LogP) is 2.38. The van der Waals surface area contributed by atoms with Crippen molar-refractivity contribution in [3.05, 3.63) is 29.8 Å². The van der Waals surface area contributed by atoms with Crippen molar-refractivity contribution in [3.63, 3.8) is 0 Å². The average Bonchev–Trinajstić information content (AvgIpc) is 2.45. The van der Waals surface area contributed by atoms with Crippen molar-refractivity contribution >= 4 is 11.7 Å². The van der Waals surface area contributed by atoms with E-state index in [1.54, 1.807) is 0 Å². The van der Waals surface area contributed by atoms with Gasteiger partial charge in [-0.3, -0.25) is 9.59 Å². The number of ketones is 1. The molecule has 2 aliphatic heterocycles. The molecule has 4 rings (SSSR count). The van der Waals surface area contributed by atoms with Gasteiger partial charge in [0.05, 0.1) is 0 Å². The summed E-state index contributed by atoms with van der Waals surface area (Å²) in [5.74, 6) is 0.195. The summed E-state index contributed by atoms with van der Waals surface area (Å²) in [6.45, 7) is 1.53. The van der Waals surface area contributed by atoms with Crippen molar-refractivity contribution in [1.82, 2.24) is 5.32 Å². The largest absolute Gasteiger partial charge is 0.467 e. The van der Waals surface area contributed by atoms with Gasteiger partial charge >= 0.3 is 0 Å². The van der Waals surface area contributed by atoms with E-state index in [-0.39, 0.29) is 23.5 Å². The molecule has 4 nitrogen and oxygen atoms in total. The summed E-state index contributed by atoms with van der Waals surface area (Å²) in [5, 5.41) is 3.05. The quantitative estimate of drug-likeness (QED) is 0.806. The fourth-order valence-electron chi connectivity index (χ4n) is 4.51. The third-order valence-corrected chi connectivity index (χ3v) is 5.33. The van der Waals surface area contributed by atoms with Crippen molar-refractivity contribution in [3.8, 4) is 5.75 Å². The highest BCUT2D eigenvalue weighted by Crippen LogP contribution is 2.55. The van der Waals surface area contributed by atoms with Crippen LogP contribution in [0.3, 0.4) is 0 Å². The number of hydrogen-bond acceptors (Lipinski definition) is 3. The number of carbonyl (C=O) groups excluding carboxylic acids is 2. The van der Waals surface area contributed by atoms with Crippen LogP contribution in [0.2, 0.25) is 0 Å². The smallest absolute Gasteiger partial charge is 0.234 e. The van der Waals surface area contributed by atoms with Crippen LogP contribution in [0, 0.1) is 11.8 Å². The molecule has 1 saturated carbocycles. The van der Waals surface area contributed by atoms with Crippen molar-refractivity contribution in [2.45, 2.75) is 44.2 Å². The van der Waals surface area contributed by atoms with Crippen LogP contribution in [0.5, 0.6) is 5.75 Å². The highest BCUT2D eigenvalue weighted by atomic mass is 16.5. The molecular weight excluding hydrogens is 266 g/mol. The van der Waals surface area contributed by atoms with Gasteiger partial charge < -0.3 is 10.1 Å². The Morgan fingerprint density at radius 1 is 1.33 bits per heavy atom. The number of para-hydroxylation sites is 1. The first-order valence-electron chi connectivity index (χ1n) is 7.73. The zero-order valence-electron chi connectivity index (χ0n) is 12.1. The number of amides is 1. The molecule has 0 spiro atoms. The van der Waals surface area contributed by atoms with E-state index in [2.05, 4.69) is 5.32 Å². The molecule has 1 N–H and O–H groups in total. The predicted molar refractivity (Wildman–Crippen MR) is 76.8 cm³/mol. The molecule has 1 aliphatic carbocycles. The van der Waals surface area contributed by atoms with Gasteiger partial charge in [-0.25, -0.2) is 0 Å². The van der Waals surface area contributed by atoms with Crippen molar-refractivity contribution < 1.29 is 14.3 Å². The van der Waals surface area contributed by atoms with Crippen molar-refractivity contribution in [1.29, 1.82) is 0 Å². The Balaban J connectivity index is 1.92. The summed E-state index contributed by atoms with van der Waals surface area (Å²) in [6.07, 6.45) is 4.02. The molecule has 1 saturated heterocycles. The second-order valence-electron chi connectivity index (χ2n) is 6.49. The van der Waals surface area contributed by atoms with Gasteiger partial charge in [-0.1, -0.05) is 24.6 Å². The Kier molecular flexibility index (Phi) is 2.65. The molecule has 0 aromatic heterocycles. The van der Waals surface area contributed by atoms with Crippen molar-refractivity contribution in [2.24, 2.45) is 11.8 Å². The SMILES string of the molecule is CC(=O)[C@@H]1C(=O)N[C@@]23CCCC[C@H]2[C@@H]1c1ccccc1O3. The molecule has 0 unspecified atom stereocenters. The molecule has 110 valence electrons. The number of Topliss-reactive ketones (excluding diaryl/α,β-unsaturated/α-hetero) is 1. The first-order valence-corrected chi connectivity index (χ1v) is 7.73. The van der Waals surface area contributed by atoms with Gasteiger partial charge in [0.15, 0.2) is 5.72 Å². The van der Waals surface area contributed by atoms with Gasteiger partial charge in [0.25, 0.3) is 0 Å². The van der Waals surface area contributed by atoms with Gasteiger partial charge in [0.1, 0.15) is 17.5 Å². The lowest BCUT2D eigenvalue weighted by Crippen LogP contribution is -2.69. The molecular formula is C17H19NO3. The number of hydrogen-bond donors (Lipinski definition) is 1. The summed E-state index contributed by atoms with van der Waals surface area (Å²) in [5.41, 5.74) is 0.426. The average molecular weight is 285 g/mol. The lowest BCUT2D eigenvalue weighted by molar-refractivity contribution is -0.160. The van der Waals surface area contributed by atoms with E-state index >= 15 is 0 Å². The third-order valence-electron chi connectivity index (χ3n) is 5.33. The topological polar surface area (TPSA) is 55.4 Å². The maximum atomic E-state index is 12.5. The maximum Gasteiger partial charge on any atom is 0.234 e. The second-order valence-corrected chi connectivity index (χ2v) is 6.49. The Morgan fingerprint density at radius 2 is 2.14 bits per heavy atom. The number of benzene rings is 1. The van der Waals surface area contributed by atoms with E-state index in [4.69, 9.17) is 4.74 Å². The Bertz CT molecular complexity index is 626. The van der Waals surface area contributed by atoms with E-state index < -0.39 is 11.6 Å². The number of rotatable bonds is 1. The molecule has 21 heavy (non-hydrogen) atoms. The van der Waals surface area contributed by atoms with Crippen LogP contribution in [0.25, 0.3) is 0 Å². The summed E-state index contributed by atoms with van der Waals surface area (Å²) in [6, 6.07) is 7.86. The first-order chi connectivity index (χ1) is 10.1. The van der Waals surface area contributed by atoms with E-state index in [0.29, 0.717) is 0 Å². The van der Waals surface area contributed by atoms with Crippen LogP contribution in [0.4, 0.5) is 0 Å². The minimum absolute atomic E-state index is 0.0403. The fraction of sp³-hybridized carbons (Fsp3) is 0.529.